The molecule has 0 aliphatic heterocycles. The number of halogens is 1. The van der Waals surface area contributed by atoms with Gasteiger partial charge in [0, 0.05) is 18.1 Å². The molecule has 0 saturated carbocycles. The van der Waals surface area contributed by atoms with Crippen molar-refractivity contribution in [3.05, 3.63) is 89.4 Å². The smallest absolute Gasteiger partial charge is 0.264 e. The summed E-state index contributed by atoms with van der Waals surface area (Å²) in [5.41, 5.74) is 0.859. The molecule has 3 aromatic rings. The Kier molecular flexibility index (Phi) is 11.4. The second-order valence-electron chi connectivity index (χ2n) is 9.16. The summed E-state index contributed by atoms with van der Waals surface area (Å²) in [4.78, 5) is 28.5. The number of nitrogens with zero attached hydrogens (tertiary/aromatic N) is 2. The Morgan fingerprint density at radius 1 is 0.950 bits per heavy atom. The van der Waals surface area contributed by atoms with Crippen LogP contribution >= 0.6 is 11.6 Å². The first kappa shape index (κ1) is 31.0. The summed E-state index contributed by atoms with van der Waals surface area (Å²) in [6.45, 7) is 5.68. The first-order valence-electron chi connectivity index (χ1n) is 13.3. The van der Waals surface area contributed by atoms with Gasteiger partial charge in [0.15, 0.2) is 0 Å². The maximum absolute atomic E-state index is 14.0. The summed E-state index contributed by atoms with van der Waals surface area (Å²) < 4.78 is 34.6. The second kappa shape index (κ2) is 14.7. The van der Waals surface area contributed by atoms with Gasteiger partial charge in [-0.25, -0.2) is 8.42 Å². The van der Waals surface area contributed by atoms with Gasteiger partial charge >= 0.3 is 0 Å². The molecule has 0 aliphatic rings. The van der Waals surface area contributed by atoms with Gasteiger partial charge in [0.1, 0.15) is 18.3 Å². The Balaban J connectivity index is 2.05. The van der Waals surface area contributed by atoms with Crippen LogP contribution in [0.25, 0.3) is 0 Å². The molecule has 0 saturated heterocycles. The summed E-state index contributed by atoms with van der Waals surface area (Å²) in [7, 11) is -4.19. The van der Waals surface area contributed by atoms with Crippen LogP contribution in [0, 0.1) is 0 Å². The van der Waals surface area contributed by atoms with Gasteiger partial charge < -0.3 is 15.0 Å². The summed E-state index contributed by atoms with van der Waals surface area (Å²) in [6, 6.07) is 20.7. The summed E-state index contributed by atoms with van der Waals surface area (Å²) in [6.07, 6.45) is 1.71. The number of unbranched alkanes of at least 4 members (excludes halogenated alkanes) is 1. The molecule has 2 amide bonds. The third kappa shape index (κ3) is 7.76. The highest BCUT2D eigenvalue weighted by atomic mass is 35.5. The first-order valence-corrected chi connectivity index (χ1v) is 15.1. The van der Waals surface area contributed by atoms with Crippen molar-refractivity contribution in [2.75, 3.05) is 24.0 Å². The molecule has 1 atom stereocenters. The molecule has 0 heterocycles. The van der Waals surface area contributed by atoms with Crippen molar-refractivity contribution in [2.24, 2.45) is 0 Å². The molecule has 1 unspecified atom stereocenters. The molecule has 0 radical (unpaired) electrons. The second-order valence-corrected chi connectivity index (χ2v) is 11.4. The molecule has 0 aliphatic carbocycles. The van der Waals surface area contributed by atoms with Crippen molar-refractivity contribution in [2.45, 2.75) is 51.1 Å². The van der Waals surface area contributed by atoms with Gasteiger partial charge in [-0.1, -0.05) is 73.5 Å². The number of para-hydroxylation sites is 2. The number of sulfonamides is 1. The van der Waals surface area contributed by atoms with Crippen LogP contribution in [-0.2, 0) is 26.2 Å². The Labute approximate surface area is 241 Å². The number of hydrogen-bond donors (Lipinski definition) is 1. The third-order valence-corrected chi connectivity index (χ3v) is 8.48. The monoisotopic (exact) mass is 585 g/mol. The highest BCUT2D eigenvalue weighted by Crippen LogP contribution is 2.33. The lowest BCUT2D eigenvalue weighted by Crippen LogP contribution is -2.51. The van der Waals surface area contributed by atoms with Crippen LogP contribution in [0.15, 0.2) is 83.8 Å². The maximum atomic E-state index is 14.0. The number of hydrogen-bond acceptors (Lipinski definition) is 5. The Hall–Kier alpha value is -3.56. The topological polar surface area (TPSA) is 96.0 Å². The number of amides is 2. The maximum Gasteiger partial charge on any atom is 0.264 e. The molecule has 3 aromatic carbocycles. The molecular weight excluding hydrogens is 550 g/mol. The highest BCUT2D eigenvalue weighted by molar-refractivity contribution is 7.92. The molecule has 0 bridgehead atoms. The van der Waals surface area contributed by atoms with Crippen LogP contribution in [0.1, 0.15) is 39.2 Å². The van der Waals surface area contributed by atoms with Crippen molar-refractivity contribution < 1.29 is 22.7 Å². The zero-order chi connectivity index (χ0) is 29.1. The minimum Gasteiger partial charge on any atom is -0.492 e. The normalized spacial score (nSPS) is 11.9. The number of carbonyl (C=O) groups is 2. The molecule has 8 nitrogen and oxygen atoms in total. The van der Waals surface area contributed by atoms with E-state index in [9.17, 15) is 18.0 Å². The van der Waals surface area contributed by atoms with E-state index in [0.717, 1.165) is 17.1 Å². The summed E-state index contributed by atoms with van der Waals surface area (Å²) in [5, 5.41) is 3.31. The van der Waals surface area contributed by atoms with Crippen molar-refractivity contribution in [1.29, 1.82) is 0 Å². The van der Waals surface area contributed by atoms with E-state index in [1.165, 1.54) is 17.0 Å². The van der Waals surface area contributed by atoms with E-state index in [0.29, 0.717) is 29.5 Å². The van der Waals surface area contributed by atoms with E-state index < -0.39 is 28.5 Å². The van der Waals surface area contributed by atoms with Gasteiger partial charge in [-0.2, -0.15) is 0 Å². The molecule has 40 heavy (non-hydrogen) atoms. The number of ether oxygens (including phenoxy) is 1. The summed E-state index contributed by atoms with van der Waals surface area (Å²) >= 11 is 6.41. The lowest BCUT2D eigenvalue weighted by atomic mass is 10.1. The van der Waals surface area contributed by atoms with Gasteiger partial charge in [-0.3, -0.25) is 13.9 Å². The molecule has 3 rings (SSSR count). The summed E-state index contributed by atoms with van der Waals surface area (Å²) in [5.74, 6) is -0.578. The number of anilines is 1. The predicted molar refractivity (Wildman–Crippen MR) is 158 cm³/mol. The fourth-order valence-corrected chi connectivity index (χ4v) is 5.74. The fraction of sp³-hybridized carbons (Fsp3) is 0.333. The first-order chi connectivity index (χ1) is 19.2. The average molecular weight is 586 g/mol. The van der Waals surface area contributed by atoms with Gasteiger partial charge in [0.2, 0.25) is 11.8 Å². The van der Waals surface area contributed by atoms with E-state index in [1.54, 1.807) is 80.6 Å². The molecule has 214 valence electrons. The predicted octanol–water partition coefficient (Wildman–Crippen LogP) is 5.27. The number of carbonyl (C=O) groups excluding carboxylic acids is 2. The van der Waals surface area contributed by atoms with Crippen LogP contribution in [0.3, 0.4) is 0 Å². The van der Waals surface area contributed by atoms with Gasteiger partial charge in [0.25, 0.3) is 10.0 Å². The van der Waals surface area contributed by atoms with Gasteiger partial charge in [0.05, 0.1) is 17.2 Å². The van der Waals surface area contributed by atoms with Crippen molar-refractivity contribution in [1.82, 2.24) is 10.2 Å². The third-order valence-electron chi connectivity index (χ3n) is 6.34. The van der Waals surface area contributed by atoms with Crippen LogP contribution in [0.2, 0.25) is 5.02 Å². The van der Waals surface area contributed by atoms with Crippen LogP contribution in [0.4, 0.5) is 5.69 Å². The largest absolute Gasteiger partial charge is 0.492 e. The number of rotatable bonds is 14. The lowest BCUT2D eigenvalue weighted by Gasteiger charge is -2.32. The van der Waals surface area contributed by atoms with E-state index in [4.69, 9.17) is 16.3 Å². The van der Waals surface area contributed by atoms with Crippen molar-refractivity contribution >= 4 is 39.1 Å². The lowest BCUT2D eigenvalue weighted by molar-refractivity contribution is -0.139. The molecule has 1 N–H and O–H groups in total. The zero-order valence-electron chi connectivity index (χ0n) is 23.0. The van der Waals surface area contributed by atoms with E-state index in [1.807, 2.05) is 6.92 Å². The van der Waals surface area contributed by atoms with Crippen molar-refractivity contribution in [3.8, 4) is 5.75 Å². The Morgan fingerprint density at radius 2 is 1.60 bits per heavy atom. The van der Waals surface area contributed by atoms with Gasteiger partial charge in [-0.05, 0) is 56.2 Å². The molecule has 10 heteroatoms. The van der Waals surface area contributed by atoms with Crippen molar-refractivity contribution in [3.63, 3.8) is 0 Å². The minimum atomic E-state index is -4.19. The van der Waals surface area contributed by atoms with E-state index in [2.05, 4.69) is 5.32 Å². The van der Waals surface area contributed by atoms with E-state index in [-0.39, 0.29) is 23.0 Å². The minimum absolute atomic E-state index is 0.0210. The highest BCUT2D eigenvalue weighted by Gasteiger charge is 2.33. The van der Waals surface area contributed by atoms with Crippen LogP contribution < -0.4 is 14.4 Å². The molecule has 0 spiro atoms. The Morgan fingerprint density at radius 3 is 2.27 bits per heavy atom. The zero-order valence-corrected chi connectivity index (χ0v) is 24.6. The average Bonchev–Trinajstić information content (AvgIpc) is 2.96. The number of benzene rings is 3. The molecule has 0 aromatic heterocycles. The van der Waals surface area contributed by atoms with Gasteiger partial charge in [-0.15, -0.1) is 0 Å². The van der Waals surface area contributed by atoms with Crippen LogP contribution in [0.5, 0.6) is 5.75 Å². The van der Waals surface area contributed by atoms with Crippen LogP contribution in [-0.4, -0.2) is 50.9 Å². The fourth-order valence-electron chi connectivity index (χ4n) is 4.10. The van der Waals surface area contributed by atoms with E-state index >= 15 is 0 Å². The molecular formula is C30H36ClN3O5S. The SMILES string of the molecule is CCCCNC(=O)C(C)N(Cc1ccccc1Cl)C(=O)CN(c1ccccc1OCC)S(=O)(=O)c1ccccc1. The standard InChI is InChI=1S/C30H36ClN3O5S/c1-4-6-20-32-30(36)23(3)33(21-24-14-10-11-17-26(24)31)29(35)22-34(27-18-12-13-19-28(27)39-5-2)40(37,38)25-15-8-7-9-16-25/h7-19,23H,4-6,20-22H2,1-3H3,(H,32,36). The quantitative estimate of drug-likeness (QED) is 0.260. The molecule has 0 fully saturated rings. The number of nitrogens with one attached hydrogen (secondary N) is 1. The Bertz CT molecular complexity index is 1380.